The fraction of sp³-hybridized carbons (Fsp3) is 0.545. The van der Waals surface area contributed by atoms with Crippen LogP contribution < -0.4 is 10.6 Å². The summed E-state index contributed by atoms with van der Waals surface area (Å²) in [7, 11) is 0. The zero-order valence-corrected chi connectivity index (χ0v) is 9.23. The van der Waals surface area contributed by atoms with Gasteiger partial charge in [-0.2, -0.15) is 0 Å². The molecular weight excluding hydrogens is 192 g/mol. The van der Waals surface area contributed by atoms with Crippen LogP contribution in [0.15, 0.2) is 23.5 Å². The molecule has 1 unspecified atom stereocenters. The second-order valence-corrected chi connectivity index (χ2v) is 4.36. The summed E-state index contributed by atoms with van der Waals surface area (Å²) in [6.07, 6.45) is 9.18. The molecule has 0 aromatic rings. The first-order chi connectivity index (χ1) is 6.75. The normalized spacial score (nSPS) is 26.4. The lowest BCUT2D eigenvalue weighted by Crippen LogP contribution is -2.17. The lowest BCUT2D eigenvalue weighted by atomic mass is 9.85. The maximum absolute atomic E-state index is 4.95. The van der Waals surface area contributed by atoms with Gasteiger partial charge in [-0.15, -0.1) is 0 Å². The Bertz CT molecular complexity index is 304. The molecule has 0 spiro atoms. The third-order valence-corrected chi connectivity index (χ3v) is 3.14. The first kappa shape index (κ1) is 9.71. The zero-order valence-electron chi connectivity index (χ0n) is 8.42. The van der Waals surface area contributed by atoms with Crippen molar-refractivity contribution in [1.29, 1.82) is 0 Å². The van der Waals surface area contributed by atoms with Gasteiger partial charge in [0.25, 0.3) is 0 Å². The molecule has 0 aromatic heterocycles. The third kappa shape index (κ3) is 2.15. The van der Waals surface area contributed by atoms with Gasteiger partial charge in [0.1, 0.15) is 0 Å². The summed E-state index contributed by atoms with van der Waals surface area (Å²) >= 11 is 4.95. The van der Waals surface area contributed by atoms with Crippen LogP contribution in [-0.2, 0) is 0 Å². The average molecular weight is 207 g/mol. The minimum Gasteiger partial charge on any atom is -0.336 e. The number of hydrogen-bond donors (Lipinski definition) is 1. The molecule has 0 amide bonds. The van der Waals surface area contributed by atoms with Crippen LogP contribution in [0.2, 0.25) is 0 Å². The first-order valence-corrected chi connectivity index (χ1v) is 5.54. The molecule has 1 heterocycles. The smallest absolute Gasteiger partial charge is 0.197 e. The van der Waals surface area contributed by atoms with Gasteiger partial charge in [0.2, 0.25) is 0 Å². The summed E-state index contributed by atoms with van der Waals surface area (Å²) in [4.78, 5) is 0. The van der Waals surface area contributed by atoms with Crippen molar-refractivity contribution in [3.63, 3.8) is 0 Å². The molecule has 0 bridgehead atoms. The first-order valence-electron chi connectivity index (χ1n) is 5.13. The highest BCUT2D eigenvalue weighted by molar-refractivity contribution is 7.80. The number of rotatable bonds is 2. The van der Waals surface area contributed by atoms with Gasteiger partial charge in [-0.25, -0.2) is 5.32 Å². The highest BCUT2D eigenvalue weighted by atomic mass is 32.1. The van der Waals surface area contributed by atoms with Gasteiger partial charge in [-0.05, 0) is 50.7 Å². The van der Waals surface area contributed by atoms with E-state index in [1.165, 1.54) is 24.8 Å². The molecule has 2 rings (SSSR count). The van der Waals surface area contributed by atoms with E-state index >= 15 is 0 Å². The SMILES string of the molecule is CC1=CCCCC1CC1=CNC(=S)[N]1. The molecule has 3 heteroatoms. The minimum absolute atomic E-state index is 0.609. The van der Waals surface area contributed by atoms with Crippen LogP contribution >= 0.6 is 12.2 Å². The van der Waals surface area contributed by atoms with E-state index in [0.29, 0.717) is 11.0 Å². The Labute approximate surface area is 90.5 Å². The number of nitrogens with one attached hydrogen (secondary N) is 1. The fourth-order valence-corrected chi connectivity index (χ4v) is 2.22. The van der Waals surface area contributed by atoms with Crippen LogP contribution in [0.3, 0.4) is 0 Å². The van der Waals surface area contributed by atoms with Gasteiger partial charge >= 0.3 is 0 Å². The molecule has 2 nitrogen and oxygen atoms in total. The molecular formula is C11H15N2S. The van der Waals surface area contributed by atoms with Gasteiger partial charge in [0, 0.05) is 6.20 Å². The second-order valence-electron chi connectivity index (χ2n) is 3.98. The average Bonchev–Trinajstić information content (AvgIpc) is 2.56. The Morgan fingerprint density at radius 3 is 3.14 bits per heavy atom. The maximum atomic E-state index is 4.95. The molecule has 0 fully saturated rings. The summed E-state index contributed by atoms with van der Waals surface area (Å²) < 4.78 is 0. The van der Waals surface area contributed by atoms with Gasteiger partial charge < -0.3 is 5.32 Å². The van der Waals surface area contributed by atoms with Crippen molar-refractivity contribution < 1.29 is 0 Å². The molecule has 1 atom stereocenters. The largest absolute Gasteiger partial charge is 0.336 e. The van der Waals surface area contributed by atoms with Crippen LogP contribution in [0, 0.1) is 5.92 Å². The molecule has 2 aliphatic rings. The minimum atomic E-state index is 0.609. The number of thiocarbonyl (C=S) groups is 1. The lowest BCUT2D eigenvalue weighted by molar-refractivity contribution is 0.501. The predicted molar refractivity (Wildman–Crippen MR) is 61.7 cm³/mol. The third-order valence-electron chi connectivity index (χ3n) is 2.93. The number of hydrogen-bond acceptors (Lipinski definition) is 1. The second kappa shape index (κ2) is 4.13. The molecule has 1 N–H and O–H groups in total. The highest BCUT2D eigenvalue weighted by Gasteiger charge is 2.19. The van der Waals surface area contributed by atoms with Crippen molar-refractivity contribution >= 4 is 17.3 Å². The van der Waals surface area contributed by atoms with Crippen molar-refractivity contribution in [2.24, 2.45) is 5.92 Å². The summed E-state index contributed by atoms with van der Waals surface area (Å²) in [5, 5.41) is 7.84. The Kier molecular flexibility index (Phi) is 2.87. The van der Waals surface area contributed by atoms with Gasteiger partial charge in [0.15, 0.2) is 5.11 Å². The molecule has 75 valence electrons. The van der Waals surface area contributed by atoms with E-state index in [2.05, 4.69) is 23.6 Å². The zero-order chi connectivity index (χ0) is 9.97. The van der Waals surface area contributed by atoms with Gasteiger partial charge in [-0.1, -0.05) is 11.6 Å². The summed E-state index contributed by atoms with van der Waals surface area (Å²) in [5.41, 5.74) is 2.62. The molecule has 0 saturated heterocycles. The van der Waals surface area contributed by atoms with E-state index in [1.54, 1.807) is 0 Å². The van der Waals surface area contributed by atoms with E-state index < -0.39 is 0 Å². The van der Waals surface area contributed by atoms with E-state index in [0.717, 1.165) is 12.1 Å². The Morgan fingerprint density at radius 1 is 1.64 bits per heavy atom. The number of allylic oxidation sites excluding steroid dienone is 3. The van der Waals surface area contributed by atoms with E-state index in [-0.39, 0.29) is 0 Å². The maximum Gasteiger partial charge on any atom is 0.197 e. The lowest BCUT2D eigenvalue weighted by Gasteiger charge is -2.21. The number of nitrogens with zero attached hydrogens (tertiary/aromatic N) is 1. The molecule has 1 aliphatic heterocycles. The van der Waals surface area contributed by atoms with Crippen LogP contribution in [0.4, 0.5) is 0 Å². The van der Waals surface area contributed by atoms with Crippen molar-refractivity contribution in [2.45, 2.75) is 32.6 Å². The van der Waals surface area contributed by atoms with E-state index in [4.69, 9.17) is 12.2 Å². The molecule has 1 radical (unpaired) electrons. The monoisotopic (exact) mass is 207 g/mol. The molecule has 14 heavy (non-hydrogen) atoms. The van der Waals surface area contributed by atoms with Crippen molar-refractivity contribution in [3.05, 3.63) is 23.5 Å². The highest BCUT2D eigenvalue weighted by Crippen LogP contribution is 2.29. The van der Waals surface area contributed by atoms with Crippen LogP contribution in [-0.4, -0.2) is 5.11 Å². The topological polar surface area (TPSA) is 26.1 Å². The van der Waals surface area contributed by atoms with Gasteiger partial charge in [0.05, 0.1) is 5.70 Å². The Morgan fingerprint density at radius 2 is 2.50 bits per heavy atom. The quantitative estimate of drug-likeness (QED) is 0.556. The fourth-order valence-electron chi connectivity index (χ4n) is 2.05. The summed E-state index contributed by atoms with van der Waals surface area (Å²) in [6.45, 7) is 2.23. The summed E-state index contributed by atoms with van der Waals surface area (Å²) in [6, 6.07) is 0. The van der Waals surface area contributed by atoms with Crippen LogP contribution in [0.1, 0.15) is 32.6 Å². The Hall–Kier alpha value is -0.830. The summed E-state index contributed by atoms with van der Waals surface area (Å²) in [5.74, 6) is 0.682. The van der Waals surface area contributed by atoms with Crippen LogP contribution in [0.25, 0.3) is 0 Å². The van der Waals surface area contributed by atoms with Crippen molar-refractivity contribution in [1.82, 2.24) is 10.6 Å². The van der Waals surface area contributed by atoms with Crippen LogP contribution in [0.5, 0.6) is 0 Å². The molecule has 1 aliphatic carbocycles. The molecule has 0 saturated carbocycles. The van der Waals surface area contributed by atoms with E-state index in [9.17, 15) is 0 Å². The standard InChI is InChI=1S/C11H15N2S/c1-8-4-2-3-5-9(8)6-10-7-12-11(14)13-10/h4,7,9H,2-3,5-6H2,1H3,(H,12,14). The van der Waals surface area contributed by atoms with Crippen molar-refractivity contribution in [3.8, 4) is 0 Å². The van der Waals surface area contributed by atoms with Crippen molar-refractivity contribution in [2.75, 3.05) is 0 Å². The predicted octanol–water partition coefficient (Wildman–Crippen LogP) is 2.46. The molecule has 0 aromatic carbocycles. The Balaban J connectivity index is 1.94. The van der Waals surface area contributed by atoms with E-state index in [1.807, 2.05) is 6.20 Å². The van der Waals surface area contributed by atoms with Gasteiger partial charge in [-0.3, -0.25) is 0 Å².